The lowest BCUT2D eigenvalue weighted by Gasteiger charge is -2.30. The van der Waals surface area contributed by atoms with Gasteiger partial charge in [0.2, 0.25) is 5.78 Å². The van der Waals surface area contributed by atoms with Crippen molar-refractivity contribution in [1.82, 2.24) is 14.6 Å². The smallest absolute Gasteiger partial charge is 0.364 e. The van der Waals surface area contributed by atoms with Gasteiger partial charge in [0, 0.05) is 36.0 Å². The second-order valence-corrected chi connectivity index (χ2v) is 8.20. The Kier molecular flexibility index (Phi) is 5.46. The van der Waals surface area contributed by atoms with Gasteiger partial charge in [-0.25, -0.2) is 9.50 Å². The number of anilines is 1. The molecular formula is C24H18F3N5O3. The van der Waals surface area contributed by atoms with Crippen LogP contribution in [0.2, 0.25) is 0 Å². The molecule has 0 bridgehead atoms. The van der Waals surface area contributed by atoms with E-state index in [0.717, 1.165) is 30.2 Å². The van der Waals surface area contributed by atoms with Gasteiger partial charge in [-0.15, -0.1) is 0 Å². The maximum absolute atomic E-state index is 13.9. The van der Waals surface area contributed by atoms with Crippen LogP contribution in [0.4, 0.5) is 24.5 Å². The number of nitro benzene ring substituents is 1. The molecular weight excluding hydrogens is 463 g/mol. The summed E-state index contributed by atoms with van der Waals surface area (Å²) in [6.07, 6.45) is -3.00. The molecule has 0 radical (unpaired) electrons. The van der Waals surface area contributed by atoms with Crippen LogP contribution in [0.1, 0.15) is 28.2 Å². The summed E-state index contributed by atoms with van der Waals surface area (Å²) in [5.74, 6) is -0.419. The lowest BCUT2D eigenvalue weighted by Crippen LogP contribution is -2.34. The number of aryl methyl sites for hydroxylation is 1. The second-order valence-electron chi connectivity index (χ2n) is 8.20. The summed E-state index contributed by atoms with van der Waals surface area (Å²) < 4.78 is 42.2. The maximum atomic E-state index is 13.9. The molecule has 11 heteroatoms. The number of nitro groups is 1. The minimum Gasteiger partial charge on any atom is -0.364 e. The van der Waals surface area contributed by atoms with Crippen molar-refractivity contribution in [3.63, 3.8) is 0 Å². The zero-order chi connectivity index (χ0) is 24.7. The van der Waals surface area contributed by atoms with E-state index >= 15 is 0 Å². The SMILES string of the molecule is O=C(CN1CCCc2ccccc21)c1cc2nc(-c3ccc([N+](=O)[O-])cc3)cc(C(F)(F)F)n2n1. The van der Waals surface area contributed by atoms with Gasteiger partial charge in [0.15, 0.2) is 11.3 Å². The summed E-state index contributed by atoms with van der Waals surface area (Å²) >= 11 is 0. The van der Waals surface area contributed by atoms with Crippen molar-refractivity contribution in [3.05, 3.63) is 87.7 Å². The lowest BCUT2D eigenvalue weighted by molar-refractivity contribution is -0.384. The molecule has 2 aromatic heterocycles. The molecule has 0 atom stereocenters. The molecule has 2 aromatic carbocycles. The minimum atomic E-state index is -4.77. The van der Waals surface area contributed by atoms with Gasteiger partial charge in [-0.05, 0) is 42.7 Å². The molecule has 0 saturated carbocycles. The fourth-order valence-corrected chi connectivity index (χ4v) is 4.24. The molecule has 35 heavy (non-hydrogen) atoms. The first-order chi connectivity index (χ1) is 16.7. The Hall–Kier alpha value is -4.28. The Bertz CT molecular complexity index is 1450. The average molecular weight is 481 g/mol. The van der Waals surface area contributed by atoms with Crippen molar-refractivity contribution < 1.29 is 22.9 Å². The van der Waals surface area contributed by atoms with Gasteiger partial charge in [-0.1, -0.05) is 18.2 Å². The number of aromatic nitrogens is 3. The number of halogens is 3. The van der Waals surface area contributed by atoms with Crippen LogP contribution in [0.25, 0.3) is 16.9 Å². The zero-order valence-corrected chi connectivity index (χ0v) is 18.2. The van der Waals surface area contributed by atoms with Crippen molar-refractivity contribution in [2.45, 2.75) is 19.0 Å². The van der Waals surface area contributed by atoms with Crippen LogP contribution in [0.3, 0.4) is 0 Å². The molecule has 0 aliphatic carbocycles. The number of ketones is 1. The lowest BCUT2D eigenvalue weighted by atomic mass is 10.0. The number of Topliss-reactive ketones (excluding diaryl/α,β-unsaturated/α-hetero) is 1. The third-order valence-electron chi connectivity index (χ3n) is 5.92. The first kappa shape index (κ1) is 22.5. The molecule has 8 nitrogen and oxygen atoms in total. The Morgan fingerprint density at radius 2 is 1.83 bits per heavy atom. The Morgan fingerprint density at radius 1 is 1.09 bits per heavy atom. The third-order valence-corrected chi connectivity index (χ3v) is 5.92. The summed E-state index contributed by atoms with van der Waals surface area (Å²) in [5, 5.41) is 14.8. The topological polar surface area (TPSA) is 93.6 Å². The monoisotopic (exact) mass is 481 g/mol. The van der Waals surface area contributed by atoms with E-state index in [-0.39, 0.29) is 34.8 Å². The van der Waals surface area contributed by atoms with Gasteiger partial charge < -0.3 is 4.90 Å². The van der Waals surface area contributed by atoms with E-state index < -0.39 is 22.6 Å². The van der Waals surface area contributed by atoms with Crippen molar-refractivity contribution >= 4 is 22.8 Å². The van der Waals surface area contributed by atoms with E-state index in [1.165, 1.54) is 30.3 Å². The molecule has 0 unspecified atom stereocenters. The van der Waals surface area contributed by atoms with Crippen LogP contribution in [0.5, 0.6) is 0 Å². The fraction of sp³-hybridized carbons (Fsp3) is 0.208. The molecule has 0 spiro atoms. The van der Waals surface area contributed by atoms with Gasteiger partial charge in [-0.2, -0.15) is 18.3 Å². The van der Waals surface area contributed by atoms with Gasteiger partial charge in [-0.3, -0.25) is 14.9 Å². The van der Waals surface area contributed by atoms with E-state index in [0.29, 0.717) is 11.1 Å². The van der Waals surface area contributed by atoms with E-state index in [1.54, 1.807) is 0 Å². The van der Waals surface area contributed by atoms with Crippen molar-refractivity contribution in [1.29, 1.82) is 0 Å². The molecule has 178 valence electrons. The van der Waals surface area contributed by atoms with E-state index in [4.69, 9.17) is 0 Å². The first-order valence-electron chi connectivity index (χ1n) is 10.8. The zero-order valence-electron chi connectivity index (χ0n) is 18.2. The summed E-state index contributed by atoms with van der Waals surface area (Å²) in [7, 11) is 0. The van der Waals surface area contributed by atoms with Crippen LogP contribution in [0, 0.1) is 10.1 Å². The predicted molar refractivity (Wildman–Crippen MR) is 121 cm³/mol. The second kappa shape index (κ2) is 8.49. The standard InChI is InChI=1S/C24H18F3N5O3/c25-24(26,27)22-12-18(15-7-9-17(10-8-15)32(34)35)28-23-13-19(29-31(22)23)21(33)14-30-11-3-5-16-4-1-2-6-20(16)30/h1-2,4,6-10,12-13H,3,5,11,14H2. The van der Waals surface area contributed by atoms with Crippen LogP contribution in [-0.4, -0.2) is 38.4 Å². The van der Waals surface area contributed by atoms with E-state index in [9.17, 15) is 28.1 Å². The Morgan fingerprint density at radius 3 is 2.54 bits per heavy atom. The van der Waals surface area contributed by atoms with Gasteiger partial charge >= 0.3 is 6.18 Å². The molecule has 0 N–H and O–H groups in total. The molecule has 1 aliphatic heterocycles. The van der Waals surface area contributed by atoms with Gasteiger partial charge in [0.25, 0.3) is 5.69 Å². The number of benzene rings is 2. The normalized spacial score (nSPS) is 13.6. The summed E-state index contributed by atoms with van der Waals surface area (Å²) in [6.45, 7) is 0.643. The molecule has 0 amide bonds. The van der Waals surface area contributed by atoms with Crippen molar-refractivity contribution in [3.8, 4) is 11.3 Å². The van der Waals surface area contributed by atoms with E-state index in [1.807, 2.05) is 29.2 Å². The first-order valence-corrected chi connectivity index (χ1v) is 10.8. The molecule has 4 aromatic rings. The largest absolute Gasteiger partial charge is 0.433 e. The maximum Gasteiger partial charge on any atom is 0.433 e. The number of para-hydroxylation sites is 1. The summed E-state index contributed by atoms with van der Waals surface area (Å²) in [4.78, 5) is 29.5. The third kappa shape index (κ3) is 4.32. The number of rotatable bonds is 5. The molecule has 5 rings (SSSR count). The van der Waals surface area contributed by atoms with Crippen LogP contribution < -0.4 is 4.90 Å². The highest BCUT2D eigenvalue weighted by atomic mass is 19.4. The average Bonchev–Trinajstić information content (AvgIpc) is 3.27. The fourth-order valence-electron chi connectivity index (χ4n) is 4.24. The van der Waals surface area contributed by atoms with Crippen LogP contribution in [-0.2, 0) is 12.6 Å². The van der Waals surface area contributed by atoms with Gasteiger partial charge in [0.1, 0.15) is 5.69 Å². The van der Waals surface area contributed by atoms with Crippen LogP contribution in [0.15, 0.2) is 60.7 Å². The highest BCUT2D eigenvalue weighted by Crippen LogP contribution is 2.33. The molecule has 0 saturated heterocycles. The Balaban J connectivity index is 1.51. The number of carbonyl (C=O) groups is 1. The van der Waals surface area contributed by atoms with Crippen LogP contribution >= 0.6 is 0 Å². The van der Waals surface area contributed by atoms with Crippen molar-refractivity contribution in [2.24, 2.45) is 0 Å². The van der Waals surface area contributed by atoms with Gasteiger partial charge in [0.05, 0.1) is 17.2 Å². The minimum absolute atomic E-state index is 0.0164. The highest BCUT2D eigenvalue weighted by Gasteiger charge is 2.36. The van der Waals surface area contributed by atoms with E-state index in [2.05, 4.69) is 10.1 Å². The molecule has 0 fully saturated rings. The quantitative estimate of drug-likeness (QED) is 0.227. The predicted octanol–water partition coefficient (Wildman–Crippen LogP) is 4.96. The summed E-state index contributed by atoms with van der Waals surface area (Å²) in [5.41, 5.74) is 0.731. The number of alkyl halides is 3. The number of nitrogens with zero attached hydrogens (tertiary/aromatic N) is 5. The number of carbonyl (C=O) groups excluding carboxylic acids is 1. The van der Waals surface area contributed by atoms with Crippen molar-refractivity contribution in [2.75, 3.05) is 18.0 Å². The number of non-ortho nitro benzene ring substituents is 1. The Labute approximate surface area is 196 Å². The number of hydrogen-bond acceptors (Lipinski definition) is 6. The molecule has 1 aliphatic rings. The summed E-state index contributed by atoms with van der Waals surface area (Å²) in [6, 6.07) is 14.8. The molecule has 3 heterocycles. The highest BCUT2D eigenvalue weighted by molar-refractivity contribution is 5.98. The number of fused-ring (bicyclic) bond motifs is 2. The number of hydrogen-bond donors (Lipinski definition) is 0.